The SMILES string of the molecule is C/N=C(\N=C(\c1ccccc1)c1ccc2ccc3ccccc3c2c1)c1cccc2oc3cccc(-c4cc5ccccc5c5oc6ccccc6c45)c3c12. The van der Waals surface area contributed by atoms with E-state index in [0.717, 1.165) is 88.2 Å². The Hall–Kier alpha value is -7.30. The lowest BCUT2D eigenvalue weighted by molar-refractivity contribution is 0.669. The van der Waals surface area contributed by atoms with Crippen LogP contribution in [0.5, 0.6) is 0 Å². The first-order chi connectivity index (χ1) is 27.2. The van der Waals surface area contributed by atoms with Crippen molar-refractivity contribution in [3.63, 3.8) is 0 Å². The van der Waals surface area contributed by atoms with Crippen LogP contribution in [0.4, 0.5) is 0 Å². The highest BCUT2D eigenvalue weighted by Crippen LogP contribution is 2.45. The normalized spacial score (nSPS) is 12.7. The summed E-state index contributed by atoms with van der Waals surface area (Å²) >= 11 is 0. The Kier molecular flexibility index (Phi) is 7.04. The van der Waals surface area contributed by atoms with Crippen LogP contribution in [0.25, 0.3) is 87.3 Å². The Balaban J connectivity index is 1.17. The van der Waals surface area contributed by atoms with E-state index in [1.54, 1.807) is 0 Å². The highest BCUT2D eigenvalue weighted by Gasteiger charge is 2.22. The van der Waals surface area contributed by atoms with Crippen LogP contribution in [0.15, 0.2) is 195 Å². The Morgan fingerprint density at radius 1 is 0.418 bits per heavy atom. The second-order valence-corrected chi connectivity index (χ2v) is 14.0. The molecule has 0 fully saturated rings. The maximum Gasteiger partial charge on any atom is 0.155 e. The van der Waals surface area contributed by atoms with Gasteiger partial charge in [-0.3, -0.25) is 4.99 Å². The minimum absolute atomic E-state index is 0.623. The van der Waals surface area contributed by atoms with E-state index < -0.39 is 0 Å². The van der Waals surface area contributed by atoms with Crippen LogP contribution < -0.4 is 0 Å². The number of benzene rings is 9. The fourth-order valence-electron chi connectivity index (χ4n) is 8.43. The van der Waals surface area contributed by atoms with E-state index in [1.165, 1.54) is 21.5 Å². The summed E-state index contributed by atoms with van der Waals surface area (Å²) < 4.78 is 13.3. The minimum Gasteiger partial charge on any atom is -0.456 e. The van der Waals surface area contributed by atoms with Gasteiger partial charge in [0.05, 0.1) is 5.71 Å². The number of nitrogens with zero attached hydrogens (tertiary/aromatic N) is 2. The zero-order valence-electron chi connectivity index (χ0n) is 30.0. The third-order valence-corrected chi connectivity index (χ3v) is 10.9. The van der Waals surface area contributed by atoms with Crippen LogP contribution in [-0.4, -0.2) is 18.6 Å². The fraction of sp³-hybridized carbons (Fsp3) is 0.0196. The van der Waals surface area contributed by atoms with Gasteiger partial charge < -0.3 is 8.83 Å². The van der Waals surface area contributed by atoms with Crippen LogP contribution in [-0.2, 0) is 0 Å². The molecule has 4 nitrogen and oxygen atoms in total. The molecule has 2 heterocycles. The van der Waals surface area contributed by atoms with Gasteiger partial charge in [0.2, 0.25) is 0 Å². The van der Waals surface area contributed by atoms with E-state index >= 15 is 0 Å². The standard InChI is InChI=1S/C51H32N2O2/c1-52-51(53-49(33-14-3-2-4-15-33)35-28-27-32-26-25-31-13-5-7-17-36(31)41(32)30-35)40-21-12-24-45-48(40)47-38(20-11-23-44(47)54-45)42-29-34-16-6-8-18-37(34)50-46(42)39-19-9-10-22-43(39)55-50/h2-30H,1H3/b52-51-,53-49-. The summed E-state index contributed by atoms with van der Waals surface area (Å²) in [7, 11) is 1.82. The third kappa shape index (κ3) is 4.92. The zero-order chi connectivity index (χ0) is 36.5. The molecule has 2 aromatic heterocycles. The van der Waals surface area contributed by atoms with Gasteiger partial charge >= 0.3 is 0 Å². The van der Waals surface area contributed by atoms with Gasteiger partial charge in [0.15, 0.2) is 5.84 Å². The third-order valence-electron chi connectivity index (χ3n) is 10.9. The molecule has 0 aliphatic rings. The van der Waals surface area contributed by atoms with Crippen molar-refractivity contribution in [2.45, 2.75) is 0 Å². The molecule has 0 saturated carbocycles. The molecule has 0 saturated heterocycles. The number of amidine groups is 1. The lowest BCUT2D eigenvalue weighted by Gasteiger charge is -2.13. The molecule has 9 aromatic carbocycles. The molecule has 0 amide bonds. The predicted octanol–water partition coefficient (Wildman–Crippen LogP) is 13.5. The van der Waals surface area contributed by atoms with Crippen molar-refractivity contribution in [1.29, 1.82) is 0 Å². The number of para-hydroxylation sites is 1. The summed E-state index contributed by atoms with van der Waals surface area (Å²) in [6.07, 6.45) is 0. The lowest BCUT2D eigenvalue weighted by Crippen LogP contribution is -2.09. The Bertz CT molecular complexity index is 3380. The molecule has 55 heavy (non-hydrogen) atoms. The van der Waals surface area contributed by atoms with Gasteiger partial charge in [-0.2, -0.15) is 0 Å². The van der Waals surface area contributed by atoms with Gasteiger partial charge in [-0.25, -0.2) is 4.99 Å². The average Bonchev–Trinajstić information content (AvgIpc) is 3.84. The zero-order valence-corrected chi connectivity index (χ0v) is 30.0. The smallest absolute Gasteiger partial charge is 0.155 e. The van der Waals surface area contributed by atoms with Crippen molar-refractivity contribution < 1.29 is 8.83 Å². The minimum atomic E-state index is 0.623. The van der Waals surface area contributed by atoms with E-state index in [9.17, 15) is 0 Å². The molecule has 0 aliphatic carbocycles. The molecule has 258 valence electrons. The summed E-state index contributed by atoms with van der Waals surface area (Å²) in [5, 5.41) is 11.2. The van der Waals surface area contributed by atoms with E-state index in [1.807, 2.05) is 37.4 Å². The van der Waals surface area contributed by atoms with Crippen LogP contribution in [0.3, 0.4) is 0 Å². The van der Waals surface area contributed by atoms with Crippen molar-refractivity contribution >= 4 is 87.7 Å². The molecule has 0 radical (unpaired) electrons. The molecule has 0 aliphatic heterocycles. The Labute approximate surface area is 316 Å². The highest BCUT2D eigenvalue weighted by atomic mass is 16.3. The summed E-state index contributed by atoms with van der Waals surface area (Å²) in [4.78, 5) is 10.4. The van der Waals surface area contributed by atoms with Crippen molar-refractivity contribution in [3.05, 3.63) is 193 Å². The number of aliphatic imine (C=N–C) groups is 2. The van der Waals surface area contributed by atoms with Gasteiger partial charge in [0.1, 0.15) is 22.3 Å². The van der Waals surface area contributed by atoms with Gasteiger partial charge in [-0.05, 0) is 68.4 Å². The van der Waals surface area contributed by atoms with E-state index in [2.05, 4.69) is 146 Å². The van der Waals surface area contributed by atoms with Crippen molar-refractivity contribution in [1.82, 2.24) is 0 Å². The number of hydrogen-bond acceptors (Lipinski definition) is 3. The van der Waals surface area contributed by atoms with Crippen LogP contribution in [0.2, 0.25) is 0 Å². The molecule has 11 rings (SSSR count). The van der Waals surface area contributed by atoms with Crippen LogP contribution in [0, 0.1) is 0 Å². The highest BCUT2D eigenvalue weighted by molar-refractivity contribution is 6.29. The second kappa shape index (κ2) is 12.4. The van der Waals surface area contributed by atoms with Gasteiger partial charge in [0, 0.05) is 50.7 Å². The molecule has 0 atom stereocenters. The average molecular weight is 705 g/mol. The first kappa shape index (κ1) is 31.2. The van der Waals surface area contributed by atoms with Crippen molar-refractivity contribution in [3.8, 4) is 11.1 Å². The molecule has 0 spiro atoms. The lowest BCUT2D eigenvalue weighted by atomic mass is 9.91. The number of furan rings is 2. The van der Waals surface area contributed by atoms with Crippen LogP contribution in [0.1, 0.15) is 16.7 Å². The largest absolute Gasteiger partial charge is 0.456 e. The number of rotatable bonds is 4. The quantitative estimate of drug-likeness (QED) is 0.104. The summed E-state index contributed by atoms with van der Waals surface area (Å²) in [5.41, 5.74) is 9.28. The van der Waals surface area contributed by atoms with Crippen LogP contribution >= 0.6 is 0 Å². The van der Waals surface area contributed by atoms with E-state index in [-0.39, 0.29) is 0 Å². The Morgan fingerprint density at radius 2 is 1.07 bits per heavy atom. The monoisotopic (exact) mass is 704 g/mol. The molecule has 4 heteroatoms. The van der Waals surface area contributed by atoms with E-state index in [4.69, 9.17) is 18.8 Å². The summed E-state index contributed by atoms with van der Waals surface area (Å²) in [5.74, 6) is 0.623. The molecular formula is C51H32N2O2. The number of hydrogen-bond donors (Lipinski definition) is 0. The molecular weight excluding hydrogens is 673 g/mol. The molecule has 11 aromatic rings. The van der Waals surface area contributed by atoms with E-state index in [0.29, 0.717) is 5.84 Å². The topological polar surface area (TPSA) is 51.0 Å². The maximum atomic E-state index is 6.65. The van der Waals surface area contributed by atoms with Gasteiger partial charge in [0.25, 0.3) is 0 Å². The van der Waals surface area contributed by atoms with Crippen molar-refractivity contribution in [2.75, 3.05) is 7.05 Å². The summed E-state index contributed by atoms with van der Waals surface area (Å²) in [6, 6.07) is 61.5. The van der Waals surface area contributed by atoms with Crippen molar-refractivity contribution in [2.24, 2.45) is 9.98 Å². The molecule has 0 bridgehead atoms. The predicted molar refractivity (Wildman–Crippen MR) is 230 cm³/mol. The van der Waals surface area contributed by atoms with Gasteiger partial charge in [-0.1, -0.05) is 146 Å². The first-order valence-corrected chi connectivity index (χ1v) is 18.5. The number of fused-ring (bicyclic) bond motifs is 11. The summed E-state index contributed by atoms with van der Waals surface area (Å²) in [6.45, 7) is 0. The Morgan fingerprint density at radius 3 is 1.91 bits per heavy atom. The fourth-order valence-corrected chi connectivity index (χ4v) is 8.43. The molecule has 0 N–H and O–H groups in total. The first-order valence-electron chi connectivity index (χ1n) is 18.5. The van der Waals surface area contributed by atoms with Gasteiger partial charge in [-0.15, -0.1) is 0 Å². The second-order valence-electron chi connectivity index (χ2n) is 14.0. The molecule has 0 unspecified atom stereocenters. The maximum absolute atomic E-state index is 6.65.